The summed E-state index contributed by atoms with van der Waals surface area (Å²) >= 11 is 0. The maximum Gasteiger partial charge on any atom is 0.250 e. The highest BCUT2D eigenvalue weighted by Crippen LogP contribution is 2.14. The van der Waals surface area contributed by atoms with E-state index in [1.54, 1.807) is 22.9 Å². The van der Waals surface area contributed by atoms with Gasteiger partial charge < -0.3 is 15.2 Å². The number of carbonyl (C=O) groups excluding carboxylic acids is 1. The highest BCUT2D eigenvalue weighted by Gasteiger charge is 2.15. The number of halogens is 1. The van der Waals surface area contributed by atoms with Gasteiger partial charge in [-0.15, -0.1) is 12.4 Å². The Morgan fingerprint density at radius 1 is 1.15 bits per heavy atom. The van der Waals surface area contributed by atoms with Crippen molar-refractivity contribution in [3.63, 3.8) is 0 Å². The van der Waals surface area contributed by atoms with Gasteiger partial charge in [-0.25, -0.2) is 0 Å². The number of aromatic nitrogens is 1. The molecule has 1 unspecified atom stereocenters. The van der Waals surface area contributed by atoms with E-state index in [9.17, 15) is 9.59 Å². The molecule has 0 spiro atoms. The smallest absolute Gasteiger partial charge is 0.250 e. The number of carbonyl (C=O) groups is 1. The number of pyridine rings is 1. The van der Waals surface area contributed by atoms with Crippen LogP contribution in [0.25, 0.3) is 0 Å². The van der Waals surface area contributed by atoms with Gasteiger partial charge >= 0.3 is 0 Å². The van der Waals surface area contributed by atoms with Crippen molar-refractivity contribution in [2.75, 3.05) is 13.1 Å². The molecular weight excluding hydrogens is 350 g/mol. The molecule has 1 saturated heterocycles. The predicted octanol–water partition coefficient (Wildman–Crippen LogP) is 2.32. The first kappa shape index (κ1) is 20.2. The Kier molecular flexibility index (Phi) is 7.88. The van der Waals surface area contributed by atoms with Crippen molar-refractivity contribution in [2.24, 2.45) is 5.92 Å². The minimum absolute atomic E-state index is 0. The molecule has 2 heterocycles. The van der Waals surface area contributed by atoms with Crippen molar-refractivity contribution in [3.8, 4) is 0 Å². The van der Waals surface area contributed by atoms with Gasteiger partial charge in [-0.05, 0) is 49.0 Å². The molecule has 26 heavy (non-hydrogen) atoms. The molecule has 1 aliphatic rings. The van der Waals surface area contributed by atoms with Gasteiger partial charge in [0.1, 0.15) is 0 Å². The van der Waals surface area contributed by atoms with Gasteiger partial charge in [-0.1, -0.05) is 30.3 Å². The Morgan fingerprint density at radius 3 is 2.62 bits per heavy atom. The molecule has 1 atom stereocenters. The molecule has 2 N–H and O–H groups in total. The van der Waals surface area contributed by atoms with E-state index in [1.165, 1.54) is 6.42 Å². The van der Waals surface area contributed by atoms with Crippen molar-refractivity contribution in [1.29, 1.82) is 0 Å². The molecule has 0 aliphatic carbocycles. The molecule has 0 saturated carbocycles. The van der Waals surface area contributed by atoms with Crippen molar-refractivity contribution < 1.29 is 4.79 Å². The van der Waals surface area contributed by atoms with Crippen molar-refractivity contribution >= 4 is 18.3 Å². The Morgan fingerprint density at radius 2 is 1.92 bits per heavy atom. The molecule has 0 bridgehead atoms. The maximum absolute atomic E-state index is 11.9. The number of hydrogen-bond acceptors (Lipinski definition) is 3. The summed E-state index contributed by atoms with van der Waals surface area (Å²) in [5.74, 6) is 0.762. The Labute approximate surface area is 160 Å². The quantitative estimate of drug-likeness (QED) is 0.780. The zero-order chi connectivity index (χ0) is 17.5. The highest BCUT2D eigenvalue weighted by molar-refractivity contribution is 5.85. The first-order valence-corrected chi connectivity index (χ1v) is 8.91. The van der Waals surface area contributed by atoms with Crippen LogP contribution in [0.1, 0.15) is 30.4 Å². The predicted molar refractivity (Wildman–Crippen MR) is 106 cm³/mol. The van der Waals surface area contributed by atoms with Crippen LogP contribution in [0, 0.1) is 5.92 Å². The first-order chi connectivity index (χ1) is 12.2. The van der Waals surface area contributed by atoms with Crippen LogP contribution in [-0.2, 0) is 17.9 Å². The van der Waals surface area contributed by atoms with E-state index in [-0.39, 0.29) is 23.9 Å². The standard InChI is InChI=1S/C20H25N3O2.ClH/c24-19(9-8-17-10-11-21-13-17)22-14-16-4-6-18(7-5-16)15-23-12-2-1-3-20(23)25;/h1-7,12,17,21H,8-11,13-15H2,(H,22,24);1H. The van der Waals surface area contributed by atoms with E-state index in [4.69, 9.17) is 0 Å². The SMILES string of the molecule is Cl.O=C(CCC1CCNC1)NCc1ccc(Cn2ccccc2=O)cc1. The maximum atomic E-state index is 11.9. The largest absolute Gasteiger partial charge is 0.352 e. The van der Waals surface area contributed by atoms with Crippen molar-refractivity contribution in [2.45, 2.75) is 32.4 Å². The average molecular weight is 376 g/mol. The van der Waals surface area contributed by atoms with E-state index in [1.807, 2.05) is 30.3 Å². The second-order valence-corrected chi connectivity index (χ2v) is 6.66. The fourth-order valence-corrected chi connectivity index (χ4v) is 3.14. The monoisotopic (exact) mass is 375 g/mol. The minimum Gasteiger partial charge on any atom is -0.352 e. The lowest BCUT2D eigenvalue weighted by atomic mass is 10.0. The van der Waals surface area contributed by atoms with E-state index >= 15 is 0 Å². The second-order valence-electron chi connectivity index (χ2n) is 6.66. The van der Waals surface area contributed by atoms with Crippen LogP contribution in [0.4, 0.5) is 0 Å². The van der Waals surface area contributed by atoms with Gasteiger partial charge in [0.15, 0.2) is 0 Å². The summed E-state index contributed by atoms with van der Waals surface area (Å²) in [6.07, 6.45) is 4.53. The molecule has 1 fully saturated rings. The number of nitrogens with one attached hydrogen (secondary N) is 2. The molecule has 6 heteroatoms. The first-order valence-electron chi connectivity index (χ1n) is 8.91. The lowest BCUT2D eigenvalue weighted by Crippen LogP contribution is -2.23. The summed E-state index contributed by atoms with van der Waals surface area (Å²) in [4.78, 5) is 23.7. The number of nitrogens with zero attached hydrogens (tertiary/aromatic N) is 1. The van der Waals surface area contributed by atoms with Gasteiger partial charge in [-0.3, -0.25) is 9.59 Å². The van der Waals surface area contributed by atoms with Crippen LogP contribution in [0.2, 0.25) is 0 Å². The van der Waals surface area contributed by atoms with Gasteiger partial charge in [0.25, 0.3) is 5.56 Å². The average Bonchev–Trinajstić information content (AvgIpc) is 3.15. The Hall–Kier alpha value is -2.11. The lowest BCUT2D eigenvalue weighted by molar-refractivity contribution is -0.121. The molecule has 5 nitrogen and oxygen atoms in total. The summed E-state index contributed by atoms with van der Waals surface area (Å²) in [5, 5.41) is 6.31. The third-order valence-electron chi connectivity index (χ3n) is 4.71. The van der Waals surface area contributed by atoms with Crippen molar-refractivity contribution in [1.82, 2.24) is 15.2 Å². The third-order valence-corrected chi connectivity index (χ3v) is 4.71. The van der Waals surface area contributed by atoms with Crippen LogP contribution in [0.3, 0.4) is 0 Å². The zero-order valence-electron chi connectivity index (χ0n) is 14.8. The van der Waals surface area contributed by atoms with Crippen LogP contribution in [0.15, 0.2) is 53.5 Å². The minimum atomic E-state index is -0.00342. The molecule has 1 aliphatic heterocycles. The van der Waals surface area contributed by atoms with Crippen LogP contribution < -0.4 is 16.2 Å². The third kappa shape index (κ3) is 6.00. The normalized spacial score (nSPS) is 16.1. The number of amides is 1. The van der Waals surface area contributed by atoms with Crippen LogP contribution >= 0.6 is 12.4 Å². The molecular formula is C20H26ClN3O2. The molecule has 1 amide bonds. The van der Waals surface area contributed by atoms with E-state index in [0.717, 1.165) is 30.6 Å². The number of hydrogen-bond donors (Lipinski definition) is 2. The fourth-order valence-electron chi connectivity index (χ4n) is 3.14. The van der Waals surface area contributed by atoms with Gasteiger partial charge in [0, 0.05) is 25.2 Å². The Bertz CT molecular complexity index is 752. The molecule has 0 radical (unpaired) electrons. The highest BCUT2D eigenvalue weighted by atomic mass is 35.5. The lowest BCUT2D eigenvalue weighted by Gasteiger charge is -2.10. The van der Waals surface area contributed by atoms with Crippen molar-refractivity contribution in [3.05, 3.63) is 70.1 Å². The number of benzene rings is 1. The summed E-state index contributed by atoms with van der Waals surface area (Å²) in [7, 11) is 0. The Balaban J connectivity index is 0.00000243. The molecule has 2 aromatic rings. The van der Waals surface area contributed by atoms with Gasteiger partial charge in [0.05, 0.1) is 6.54 Å². The summed E-state index contributed by atoms with van der Waals surface area (Å²) in [6.45, 7) is 3.22. The number of rotatable bonds is 7. The fraction of sp³-hybridized carbons (Fsp3) is 0.400. The van der Waals surface area contributed by atoms with Crippen LogP contribution in [0.5, 0.6) is 0 Å². The molecule has 3 rings (SSSR count). The summed E-state index contributed by atoms with van der Waals surface area (Å²) in [6, 6.07) is 13.2. The molecule has 1 aromatic carbocycles. The summed E-state index contributed by atoms with van der Waals surface area (Å²) < 4.78 is 1.68. The van der Waals surface area contributed by atoms with E-state index < -0.39 is 0 Å². The van der Waals surface area contributed by atoms with Gasteiger partial charge in [0.2, 0.25) is 5.91 Å². The second kappa shape index (κ2) is 10.1. The summed E-state index contributed by atoms with van der Waals surface area (Å²) in [5.41, 5.74) is 2.13. The van der Waals surface area contributed by atoms with E-state index in [0.29, 0.717) is 25.4 Å². The zero-order valence-corrected chi connectivity index (χ0v) is 15.6. The van der Waals surface area contributed by atoms with E-state index in [2.05, 4.69) is 10.6 Å². The van der Waals surface area contributed by atoms with Crippen LogP contribution in [-0.4, -0.2) is 23.6 Å². The topological polar surface area (TPSA) is 63.1 Å². The van der Waals surface area contributed by atoms with Gasteiger partial charge in [-0.2, -0.15) is 0 Å². The molecule has 140 valence electrons. The molecule has 1 aromatic heterocycles.